The van der Waals surface area contributed by atoms with E-state index in [9.17, 15) is 9.59 Å². The summed E-state index contributed by atoms with van der Waals surface area (Å²) in [4.78, 5) is 32.4. The number of rotatable bonds is 5. The molecule has 23 heavy (non-hydrogen) atoms. The van der Waals surface area contributed by atoms with Crippen molar-refractivity contribution in [1.29, 1.82) is 0 Å². The smallest absolute Gasteiger partial charge is 0.261 e. The molecule has 0 saturated heterocycles. The Labute approximate surface area is 132 Å². The van der Waals surface area contributed by atoms with Gasteiger partial charge >= 0.3 is 0 Å². The van der Waals surface area contributed by atoms with E-state index < -0.39 is 0 Å². The molecule has 0 aliphatic carbocycles. The highest BCUT2D eigenvalue weighted by molar-refractivity contribution is 5.90. The predicted molar refractivity (Wildman–Crippen MR) is 88.1 cm³/mol. The molecule has 1 N–H and O–H groups in total. The maximum Gasteiger partial charge on any atom is 0.261 e. The number of fused-ring (bicyclic) bond motifs is 1. The lowest BCUT2D eigenvalue weighted by molar-refractivity contribution is -0.116. The Morgan fingerprint density at radius 2 is 2.04 bits per heavy atom. The van der Waals surface area contributed by atoms with E-state index in [1.54, 1.807) is 35.2 Å². The molecule has 0 unspecified atom stereocenters. The minimum atomic E-state index is -0.0974. The van der Waals surface area contributed by atoms with Crippen LogP contribution < -0.4 is 10.9 Å². The molecule has 3 rings (SSSR count). The topological polar surface area (TPSA) is 76.9 Å². The number of hydrogen-bond donors (Lipinski definition) is 1. The third-order valence-electron chi connectivity index (χ3n) is 3.48. The van der Waals surface area contributed by atoms with Gasteiger partial charge in [0.1, 0.15) is 0 Å². The zero-order chi connectivity index (χ0) is 16.1. The number of benzene rings is 1. The highest BCUT2D eigenvalue weighted by atomic mass is 16.1. The van der Waals surface area contributed by atoms with Crippen LogP contribution in [0.1, 0.15) is 12.8 Å². The average Bonchev–Trinajstić information content (AvgIpc) is 2.58. The summed E-state index contributed by atoms with van der Waals surface area (Å²) in [6.45, 7) is 0.455. The van der Waals surface area contributed by atoms with Crippen molar-refractivity contribution in [3.63, 3.8) is 0 Å². The first-order chi connectivity index (χ1) is 11.2. The van der Waals surface area contributed by atoms with Crippen LogP contribution >= 0.6 is 0 Å². The van der Waals surface area contributed by atoms with E-state index in [4.69, 9.17) is 0 Å². The molecular formula is C17H16N4O2. The molecule has 0 atom stereocenters. The van der Waals surface area contributed by atoms with Gasteiger partial charge in [-0.2, -0.15) is 0 Å². The van der Waals surface area contributed by atoms with Gasteiger partial charge < -0.3 is 5.32 Å². The number of nitrogens with one attached hydrogen (secondary N) is 1. The van der Waals surface area contributed by atoms with Crippen LogP contribution in [0.5, 0.6) is 0 Å². The first-order valence-corrected chi connectivity index (χ1v) is 7.38. The molecule has 2 heterocycles. The minimum absolute atomic E-state index is 0.0803. The molecule has 3 aromatic rings. The molecule has 0 fully saturated rings. The fourth-order valence-electron chi connectivity index (χ4n) is 2.34. The first kappa shape index (κ1) is 14.9. The molecule has 6 nitrogen and oxygen atoms in total. The fourth-order valence-corrected chi connectivity index (χ4v) is 2.34. The summed E-state index contributed by atoms with van der Waals surface area (Å²) in [7, 11) is 0. The summed E-state index contributed by atoms with van der Waals surface area (Å²) >= 11 is 0. The quantitative estimate of drug-likeness (QED) is 0.784. The van der Waals surface area contributed by atoms with Gasteiger partial charge in [0.25, 0.3) is 5.56 Å². The minimum Gasteiger partial charge on any atom is -0.325 e. The second-order valence-corrected chi connectivity index (χ2v) is 5.15. The summed E-state index contributed by atoms with van der Waals surface area (Å²) in [6.07, 6.45) is 5.66. The van der Waals surface area contributed by atoms with Crippen LogP contribution in [0.3, 0.4) is 0 Å². The van der Waals surface area contributed by atoms with Crippen LogP contribution in [0.25, 0.3) is 10.9 Å². The van der Waals surface area contributed by atoms with Crippen LogP contribution in [-0.2, 0) is 11.3 Å². The number of nitrogens with zero attached hydrogens (tertiary/aromatic N) is 3. The Morgan fingerprint density at radius 1 is 1.17 bits per heavy atom. The summed E-state index contributed by atoms with van der Waals surface area (Å²) in [5, 5.41) is 3.36. The lowest BCUT2D eigenvalue weighted by Gasteiger charge is -2.07. The van der Waals surface area contributed by atoms with Gasteiger partial charge in [0.05, 0.1) is 29.1 Å². The van der Waals surface area contributed by atoms with E-state index in [0.717, 1.165) is 0 Å². The molecular weight excluding hydrogens is 292 g/mol. The highest BCUT2D eigenvalue weighted by Gasteiger charge is 2.05. The van der Waals surface area contributed by atoms with E-state index in [0.29, 0.717) is 36.0 Å². The van der Waals surface area contributed by atoms with E-state index in [1.807, 2.05) is 18.2 Å². The average molecular weight is 308 g/mol. The number of pyridine rings is 1. The van der Waals surface area contributed by atoms with E-state index >= 15 is 0 Å². The molecule has 6 heteroatoms. The molecule has 0 spiro atoms. The van der Waals surface area contributed by atoms with Gasteiger partial charge in [-0.25, -0.2) is 4.98 Å². The van der Waals surface area contributed by atoms with Gasteiger partial charge in [-0.05, 0) is 30.7 Å². The van der Waals surface area contributed by atoms with E-state index in [2.05, 4.69) is 15.3 Å². The zero-order valence-electron chi connectivity index (χ0n) is 12.5. The van der Waals surface area contributed by atoms with Gasteiger partial charge in [0.15, 0.2) is 0 Å². The number of carbonyl (C=O) groups excluding carboxylic acids is 1. The monoisotopic (exact) mass is 308 g/mol. The highest BCUT2D eigenvalue weighted by Crippen LogP contribution is 2.06. The van der Waals surface area contributed by atoms with Crippen molar-refractivity contribution in [3.8, 4) is 0 Å². The van der Waals surface area contributed by atoms with Crippen LogP contribution in [0.2, 0.25) is 0 Å². The predicted octanol–water partition coefficient (Wildman–Crippen LogP) is 2.21. The van der Waals surface area contributed by atoms with E-state index in [-0.39, 0.29) is 11.5 Å². The summed E-state index contributed by atoms with van der Waals surface area (Å²) in [5.74, 6) is -0.0974. The Hall–Kier alpha value is -3.02. The van der Waals surface area contributed by atoms with Crippen LogP contribution in [-0.4, -0.2) is 20.4 Å². The molecule has 0 saturated carbocycles. The third kappa shape index (κ3) is 3.60. The van der Waals surface area contributed by atoms with Crippen molar-refractivity contribution in [3.05, 3.63) is 65.5 Å². The molecule has 0 aliphatic rings. The fraction of sp³-hybridized carbons (Fsp3) is 0.176. The van der Waals surface area contributed by atoms with Crippen molar-refractivity contribution in [2.45, 2.75) is 19.4 Å². The molecule has 116 valence electrons. The van der Waals surface area contributed by atoms with E-state index in [1.165, 1.54) is 6.33 Å². The SMILES string of the molecule is O=C(CCCn1cnc2ccccc2c1=O)Nc1cccnc1. The normalized spacial score (nSPS) is 10.6. The number of aryl methyl sites for hydroxylation is 1. The van der Waals surface area contributed by atoms with Gasteiger partial charge in [0, 0.05) is 19.2 Å². The van der Waals surface area contributed by atoms with Crippen molar-refractivity contribution in [2.75, 3.05) is 5.32 Å². The Bertz CT molecular complexity index is 874. The maximum atomic E-state index is 12.3. The summed E-state index contributed by atoms with van der Waals surface area (Å²) < 4.78 is 1.54. The largest absolute Gasteiger partial charge is 0.325 e. The second kappa shape index (κ2) is 6.83. The first-order valence-electron chi connectivity index (χ1n) is 7.38. The summed E-state index contributed by atoms with van der Waals surface area (Å²) in [6, 6.07) is 10.8. The lowest BCUT2D eigenvalue weighted by Crippen LogP contribution is -2.21. The van der Waals surface area contributed by atoms with Crippen LogP contribution in [0.4, 0.5) is 5.69 Å². The van der Waals surface area contributed by atoms with Crippen LogP contribution in [0, 0.1) is 0 Å². The van der Waals surface area contributed by atoms with Gasteiger partial charge in [-0.3, -0.25) is 19.1 Å². The third-order valence-corrected chi connectivity index (χ3v) is 3.48. The van der Waals surface area contributed by atoms with Crippen molar-refractivity contribution in [2.24, 2.45) is 0 Å². The number of para-hydroxylation sites is 1. The zero-order valence-corrected chi connectivity index (χ0v) is 12.5. The van der Waals surface area contributed by atoms with Crippen molar-refractivity contribution >= 4 is 22.5 Å². The van der Waals surface area contributed by atoms with Gasteiger partial charge in [0.2, 0.25) is 5.91 Å². The second-order valence-electron chi connectivity index (χ2n) is 5.15. The Morgan fingerprint density at radius 3 is 2.87 bits per heavy atom. The number of amides is 1. The van der Waals surface area contributed by atoms with Crippen molar-refractivity contribution in [1.82, 2.24) is 14.5 Å². The van der Waals surface area contributed by atoms with Crippen LogP contribution in [0.15, 0.2) is 59.9 Å². The molecule has 0 radical (unpaired) electrons. The Kier molecular flexibility index (Phi) is 4.42. The standard InChI is InChI=1S/C17H16N4O2/c22-16(20-13-5-3-9-18-11-13)8-4-10-21-12-19-15-7-2-1-6-14(15)17(21)23/h1-3,5-7,9,11-12H,4,8,10H2,(H,20,22). The molecule has 2 aromatic heterocycles. The number of carbonyl (C=O) groups is 1. The Balaban J connectivity index is 1.60. The number of aromatic nitrogens is 3. The number of hydrogen-bond acceptors (Lipinski definition) is 4. The maximum absolute atomic E-state index is 12.3. The lowest BCUT2D eigenvalue weighted by atomic mass is 10.2. The number of anilines is 1. The molecule has 1 amide bonds. The molecule has 0 aliphatic heterocycles. The summed E-state index contributed by atoms with van der Waals surface area (Å²) in [5.41, 5.74) is 1.27. The molecule has 0 bridgehead atoms. The van der Waals surface area contributed by atoms with Crippen molar-refractivity contribution < 1.29 is 4.79 Å². The van der Waals surface area contributed by atoms with Gasteiger partial charge in [-0.15, -0.1) is 0 Å². The van der Waals surface area contributed by atoms with Gasteiger partial charge in [-0.1, -0.05) is 12.1 Å². The molecule has 1 aromatic carbocycles.